The topological polar surface area (TPSA) is 72.9 Å². The van der Waals surface area contributed by atoms with Gasteiger partial charge in [-0.25, -0.2) is 19.0 Å². The van der Waals surface area contributed by atoms with Crippen molar-refractivity contribution in [2.45, 2.75) is 52.2 Å². The minimum absolute atomic E-state index is 0.285. The fraction of sp³-hybridized carbons (Fsp3) is 0.533. The van der Waals surface area contributed by atoms with Gasteiger partial charge in [0.25, 0.3) is 0 Å². The zero-order chi connectivity index (χ0) is 15.6. The standard InChI is InChI=1S/C15H22N4O2/c1-5-13(11(4)20)19-15(21)18(9-17-19)14-7-6-12(8-16-14)10(2)3/h6-11,13,20H,5H2,1-4H3/t11?,13-/m0/s1. The molecule has 0 bridgehead atoms. The number of aliphatic hydroxyl groups excluding tert-OH is 1. The highest BCUT2D eigenvalue weighted by atomic mass is 16.3. The van der Waals surface area contributed by atoms with Crippen LogP contribution in [0.1, 0.15) is 51.6 Å². The number of pyridine rings is 1. The SMILES string of the molecule is CC[C@@H](C(C)O)n1ncn(-c2ccc(C(C)C)cn2)c1=O. The maximum absolute atomic E-state index is 12.4. The van der Waals surface area contributed by atoms with Crippen molar-refractivity contribution in [1.29, 1.82) is 0 Å². The zero-order valence-electron chi connectivity index (χ0n) is 12.9. The molecule has 0 radical (unpaired) electrons. The molecule has 2 heterocycles. The quantitative estimate of drug-likeness (QED) is 0.912. The summed E-state index contributed by atoms with van der Waals surface area (Å²) < 4.78 is 2.72. The minimum atomic E-state index is -0.632. The monoisotopic (exact) mass is 290 g/mol. The van der Waals surface area contributed by atoms with Crippen LogP contribution in [-0.4, -0.2) is 30.5 Å². The molecule has 1 N–H and O–H groups in total. The van der Waals surface area contributed by atoms with Gasteiger partial charge in [0.2, 0.25) is 0 Å². The van der Waals surface area contributed by atoms with Gasteiger partial charge in [-0.1, -0.05) is 26.8 Å². The van der Waals surface area contributed by atoms with E-state index in [9.17, 15) is 9.90 Å². The third-order valence-electron chi connectivity index (χ3n) is 3.67. The number of aromatic nitrogens is 4. The second kappa shape index (κ2) is 6.22. The Morgan fingerprint density at radius 1 is 1.29 bits per heavy atom. The van der Waals surface area contributed by atoms with Gasteiger partial charge in [-0.2, -0.15) is 5.10 Å². The fourth-order valence-corrected chi connectivity index (χ4v) is 2.30. The molecule has 1 unspecified atom stereocenters. The molecule has 114 valence electrons. The molecule has 6 nitrogen and oxygen atoms in total. The van der Waals surface area contributed by atoms with Crippen LogP contribution in [0, 0.1) is 0 Å². The van der Waals surface area contributed by atoms with E-state index in [1.54, 1.807) is 13.1 Å². The molecule has 0 spiro atoms. The van der Waals surface area contributed by atoms with Crippen molar-refractivity contribution in [2.24, 2.45) is 0 Å². The highest BCUT2D eigenvalue weighted by Gasteiger charge is 2.20. The molecule has 2 rings (SSSR count). The van der Waals surface area contributed by atoms with Crippen molar-refractivity contribution in [1.82, 2.24) is 19.3 Å². The summed E-state index contributed by atoms with van der Waals surface area (Å²) in [6.45, 7) is 7.76. The van der Waals surface area contributed by atoms with Crippen molar-refractivity contribution in [2.75, 3.05) is 0 Å². The lowest BCUT2D eigenvalue weighted by molar-refractivity contribution is 0.118. The van der Waals surface area contributed by atoms with E-state index in [1.807, 2.05) is 19.1 Å². The predicted octanol–water partition coefficient (Wildman–Crippen LogP) is 1.88. The van der Waals surface area contributed by atoms with E-state index in [2.05, 4.69) is 23.9 Å². The van der Waals surface area contributed by atoms with E-state index < -0.39 is 6.10 Å². The van der Waals surface area contributed by atoms with Crippen LogP contribution in [-0.2, 0) is 0 Å². The molecule has 0 aliphatic heterocycles. The van der Waals surface area contributed by atoms with Gasteiger partial charge in [0, 0.05) is 6.20 Å². The number of nitrogens with zero attached hydrogens (tertiary/aromatic N) is 4. The molecule has 6 heteroatoms. The summed E-state index contributed by atoms with van der Waals surface area (Å²) >= 11 is 0. The third-order valence-corrected chi connectivity index (χ3v) is 3.67. The molecule has 0 saturated carbocycles. The molecular formula is C15H22N4O2. The smallest absolute Gasteiger partial charge is 0.351 e. The average Bonchev–Trinajstić information content (AvgIpc) is 2.81. The zero-order valence-corrected chi connectivity index (χ0v) is 12.9. The summed E-state index contributed by atoms with van der Waals surface area (Å²) in [7, 11) is 0. The van der Waals surface area contributed by atoms with Crippen molar-refractivity contribution in [3.63, 3.8) is 0 Å². The number of aliphatic hydroxyl groups is 1. The largest absolute Gasteiger partial charge is 0.391 e. The highest BCUT2D eigenvalue weighted by Crippen LogP contribution is 2.15. The summed E-state index contributed by atoms with van der Waals surface area (Å²) in [5, 5.41) is 13.9. The molecule has 0 amide bonds. The van der Waals surface area contributed by atoms with Gasteiger partial charge in [-0.3, -0.25) is 0 Å². The van der Waals surface area contributed by atoms with Gasteiger partial charge < -0.3 is 5.11 Å². The van der Waals surface area contributed by atoms with Crippen molar-refractivity contribution < 1.29 is 5.11 Å². The van der Waals surface area contributed by atoms with E-state index >= 15 is 0 Å². The van der Waals surface area contributed by atoms with Gasteiger partial charge in [0.1, 0.15) is 12.1 Å². The van der Waals surface area contributed by atoms with Crippen LogP contribution in [0.3, 0.4) is 0 Å². The normalized spacial score (nSPS) is 14.4. The summed E-state index contributed by atoms with van der Waals surface area (Å²) in [6, 6.07) is 3.45. The summed E-state index contributed by atoms with van der Waals surface area (Å²) in [4.78, 5) is 16.7. The fourth-order valence-electron chi connectivity index (χ4n) is 2.30. The lowest BCUT2D eigenvalue weighted by Crippen LogP contribution is -2.32. The van der Waals surface area contributed by atoms with Crippen LogP contribution in [0.4, 0.5) is 0 Å². The maximum Gasteiger partial charge on any atom is 0.351 e. The van der Waals surface area contributed by atoms with Gasteiger partial charge >= 0.3 is 5.69 Å². The second-order valence-electron chi connectivity index (χ2n) is 5.55. The van der Waals surface area contributed by atoms with Gasteiger partial charge in [-0.15, -0.1) is 0 Å². The second-order valence-corrected chi connectivity index (χ2v) is 5.55. The summed E-state index contributed by atoms with van der Waals surface area (Å²) in [6.07, 6.45) is 3.22. The van der Waals surface area contributed by atoms with Crippen molar-refractivity contribution >= 4 is 0 Å². The first-order valence-electron chi connectivity index (χ1n) is 7.26. The molecule has 0 aliphatic carbocycles. The molecule has 0 fully saturated rings. The Kier molecular flexibility index (Phi) is 4.57. The van der Waals surface area contributed by atoms with Gasteiger partial charge in [-0.05, 0) is 30.9 Å². The molecule has 2 atom stereocenters. The number of hydrogen-bond donors (Lipinski definition) is 1. The molecule has 21 heavy (non-hydrogen) atoms. The first kappa shape index (κ1) is 15.4. The molecule has 0 aromatic carbocycles. The Hall–Kier alpha value is -1.95. The highest BCUT2D eigenvalue weighted by molar-refractivity contribution is 5.26. The van der Waals surface area contributed by atoms with Crippen molar-refractivity contribution in [3.8, 4) is 5.82 Å². The number of rotatable bonds is 5. The minimum Gasteiger partial charge on any atom is -0.391 e. The lowest BCUT2D eigenvalue weighted by Gasteiger charge is -2.16. The first-order valence-corrected chi connectivity index (χ1v) is 7.26. The summed E-state index contributed by atoms with van der Waals surface area (Å²) in [5.74, 6) is 0.932. The molecule has 0 aliphatic rings. The average molecular weight is 290 g/mol. The van der Waals surface area contributed by atoms with Gasteiger partial charge in [0.05, 0.1) is 12.1 Å². The van der Waals surface area contributed by atoms with Crippen LogP contribution in [0.2, 0.25) is 0 Å². The molecule has 0 saturated heterocycles. The molecular weight excluding hydrogens is 268 g/mol. The van der Waals surface area contributed by atoms with Crippen LogP contribution in [0.15, 0.2) is 29.5 Å². The maximum atomic E-state index is 12.4. The third kappa shape index (κ3) is 3.05. The van der Waals surface area contributed by atoms with E-state index in [0.29, 0.717) is 18.2 Å². The molecule has 2 aromatic heterocycles. The Morgan fingerprint density at radius 2 is 2.00 bits per heavy atom. The Morgan fingerprint density at radius 3 is 2.48 bits per heavy atom. The van der Waals surface area contributed by atoms with Crippen LogP contribution in [0.5, 0.6) is 0 Å². The van der Waals surface area contributed by atoms with E-state index in [1.165, 1.54) is 15.6 Å². The van der Waals surface area contributed by atoms with Crippen LogP contribution >= 0.6 is 0 Å². The lowest BCUT2D eigenvalue weighted by atomic mass is 10.1. The van der Waals surface area contributed by atoms with Crippen molar-refractivity contribution in [3.05, 3.63) is 40.7 Å². The van der Waals surface area contributed by atoms with E-state index in [4.69, 9.17) is 0 Å². The number of hydrogen-bond acceptors (Lipinski definition) is 4. The van der Waals surface area contributed by atoms with E-state index in [0.717, 1.165) is 5.56 Å². The Labute approximate surface area is 124 Å². The van der Waals surface area contributed by atoms with Crippen LogP contribution < -0.4 is 5.69 Å². The van der Waals surface area contributed by atoms with E-state index in [-0.39, 0.29) is 11.7 Å². The first-order chi connectivity index (χ1) is 9.95. The Bertz CT molecular complexity index is 640. The Balaban J connectivity index is 2.38. The summed E-state index contributed by atoms with van der Waals surface area (Å²) in [5.41, 5.74) is 0.835. The predicted molar refractivity (Wildman–Crippen MR) is 80.7 cm³/mol. The van der Waals surface area contributed by atoms with Gasteiger partial charge in [0.15, 0.2) is 0 Å². The van der Waals surface area contributed by atoms with Crippen LogP contribution in [0.25, 0.3) is 5.82 Å². The molecule has 2 aromatic rings.